The highest BCUT2D eigenvalue weighted by molar-refractivity contribution is 6.08. The Morgan fingerprint density at radius 2 is 1.73 bits per heavy atom. The maximum Gasteiger partial charge on any atom is 0.339 e. The van der Waals surface area contributed by atoms with Crippen molar-refractivity contribution in [2.24, 2.45) is 5.92 Å². The summed E-state index contributed by atoms with van der Waals surface area (Å²) in [6, 6.07) is 25.4. The summed E-state index contributed by atoms with van der Waals surface area (Å²) in [7, 11) is 1.60. The van der Waals surface area contributed by atoms with E-state index in [4.69, 9.17) is 10.5 Å². The molecule has 41 heavy (non-hydrogen) atoms. The first kappa shape index (κ1) is 25.6. The van der Waals surface area contributed by atoms with E-state index in [1.807, 2.05) is 36.4 Å². The minimum atomic E-state index is -0.415. The second-order valence-corrected chi connectivity index (χ2v) is 9.71. The van der Waals surface area contributed by atoms with Crippen molar-refractivity contribution in [3.05, 3.63) is 107 Å². The van der Waals surface area contributed by atoms with Crippen LogP contribution in [0.2, 0.25) is 0 Å². The molecule has 1 saturated carbocycles. The number of hydrogen-bond donors (Lipinski definition) is 1. The van der Waals surface area contributed by atoms with Crippen molar-refractivity contribution in [3.63, 3.8) is 0 Å². The summed E-state index contributed by atoms with van der Waals surface area (Å²) in [5.74, 6) is 1.31. The molecule has 5 aromatic rings. The lowest BCUT2D eigenvalue weighted by Gasteiger charge is -2.18. The number of anilines is 2. The summed E-state index contributed by atoms with van der Waals surface area (Å²) in [5.41, 5.74) is 8.15. The topological polar surface area (TPSA) is 132 Å². The second-order valence-electron chi connectivity index (χ2n) is 9.71. The maximum absolute atomic E-state index is 14.0. The molecule has 0 atom stereocenters. The molecule has 0 bridgehead atoms. The molecule has 2 heterocycles. The fraction of sp³-hybridized carbons (Fsp3) is 0.129. The molecule has 0 spiro atoms. The number of amides is 1. The van der Waals surface area contributed by atoms with E-state index in [1.165, 1.54) is 20.4 Å². The lowest BCUT2D eigenvalue weighted by molar-refractivity contribution is -0.114. The molecule has 0 unspecified atom stereocenters. The van der Waals surface area contributed by atoms with Crippen LogP contribution >= 0.6 is 0 Å². The number of benzene rings is 3. The number of rotatable bonds is 7. The first-order valence-electron chi connectivity index (χ1n) is 13.0. The van der Waals surface area contributed by atoms with Gasteiger partial charge in [-0.2, -0.15) is 5.26 Å². The van der Waals surface area contributed by atoms with Crippen LogP contribution in [0.3, 0.4) is 0 Å². The predicted molar refractivity (Wildman–Crippen MR) is 155 cm³/mol. The van der Waals surface area contributed by atoms with Crippen molar-refractivity contribution in [1.29, 1.82) is 5.26 Å². The SMILES string of the molecule is CN(C(=O)C(C#N)=CC1CC1)c1cccc(-n2c(=O)n(-c3ccc(Oc4ccccc4)cc3)c3c(N)ncnc32)c1. The molecule has 1 aliphatic carbocycles. The van der Waals surface area contributed by atoms with Gasteiger partial charge >= 0.3 is 5.69 Å². The molecule has 0 aliphatic heterocycles. The Labute approximate surface area is 235 Å². The van der Waals surface area contributed by atoms with E-state index in [0.717, 1.165) is 12.8 Å². The standard InChI is InChI=1S/C31H25N7O3/c1-36(30(39)21(18-32)16-20-10-11-20)23-6-5-7-24(17-23)38-29-27(28(33)34-19-35-29)37(31(38)40)22-12-14-26(15-13-22)41-25-8-3-2-4-9-25/h2-9,12-17,19-20H,10-11H2,1H3,(H2,33,34,35). The summed E-state index contributed by atoms with van der Waals surface area (Å²) in [5, 5.41) is 9.54. The molecular formula is C31H25N7O3. The highest BCUT2D eigenvalue weighted by Crippen LogP contribution is 2.32. The average Bonchev–Trinajstić information content (AvgIpc) is 3.77. The lowest BCUT2D eigenvalue weighted by Crippen LogP contribution is -2.28. The Balaban J connectivity index is 1.40. The Morgan fingerprint density at radius 1 is 1.00 bits per heavy atom. The number of fused-ring (bicyclic) bond motifs is 1. The van der Waals surface area contributed by atoms with Crippen molar-refractivity contribution in [1.82, 2.24) is 19.1 Å². The Bertz CT molecular complexity index is 1900. The molecule has 2 N–H and O–H groups in total. The number of carbonyl (C=O) groups excluding carboxylic acids is 1. The van der Waals surface area contributed by atoms with Crippen molar-refractivity contribution in [2.75, 3.05) is 17.7 Å². The number of aromatic nitrogens is 4. The van der Waals surface area contributed by atoms with Gasteiger partial charge in [0.15, 0.2) is 11.5 Å². The number of ether oxygens (including phenoxy) is 1. The summed E-state index contributed by atoms with van der Waals surface area (Å²) < 4.78 is 8.77. The van der Waals surface area contributed by atoms with Gasteiger partial charge in [0.2, 0.25) is 0 Å². The number of nitriles is 1. The van der Waals surface area contributed by atoms with Crippen molar-refractivity contribution >= 4 is 28.6 Å². The smallest absolute Gasteiger partial charge is 0.339 e. The van der Waals surface area contributed by atoms with Gasteiger partial charge in [0.25, 0.3) is 5.91 Å². The van der Waals surface area contributed by atoms with Gasteiger partial charge in [-0.3, -0.25) is 9.36 Å². The zero-order valence-electron chi connectivity index (χ0n) is 22.1. The van der Waals surface area contributed by atoms with Crippen LogP contribution in [0, 0.1) is 17.2 Å². The fourth-order valence-electron chi connectivity index (χ4n) is 4.60. The largest absolute Gasteiger partial charge is 0.457 e. The minimum Gasteiger partial charge on any atom is -0.457 e. The van der Waals surface area contributed by atoms with Crippen LogP contribution < -0.4 is 21.1 Å². The number of imidazole rings is 1. The Morgan fingerprint density at radius 3 is 2.44 bits per heavy atom. The number of para-hydroxylation sites is 1. The zero-order valence-corrected chi connectivity index (χ0v) is 22.1. The summed E-state index contributed by atoms with van der Waals surface area (Å²) in [4.78, 5) is 36.9. The lowest BCUT2D eigenvalue weighted by atomic mass is 10.2. The Hall–Kier alpha value is -5.69. The third-order valence-corrected chi connectivity index (χ3v) is 6.88. The number of likely N-dealkylation sites (N-methyl/N-ethyl adjacent to an activating group) is 1. The van der Waals surface area contributed by atoms with Gasteiger partial charge in [-0.05, 0) is 73.4 Å². The van der Waals surface area contributed by atoms with E-state index in [-0.39, 0.29) is 17.3 Å². The van der Waals surface area contributed by atoms with E-state index >= 15 is 0 Å². The summed E-state index contributed by atoms with van der Waals surface area (Å²) >= 11 is 0. The number of carbonyl (C=O) groups is 1. The predicted octanol–water partition coefficient (Wildman–Crippen LogP) is 4.77. The van der Waals surface area contributed by atoms with Gasteiger partial charge in [-0.15, -0.1) is 0 Å². The average molecular weight is 544 g/mol. The third-order valence-electron chi connectivity index (χ3n) is 6.88. The number of nitrogen functional groups attached to an aromatic ring is 1. The molecule has 0 saturated heterocycles. The molecule has 202 valence electrons. The normalized spacial score (nSPS) is 13.1. The van der Waals surface area contributed by atoms with E-state index in [9.17, 15) is 14.9 Å². The van der Waals surface area contributed by atoms with Crippen LogP contribution in [0.15, 0.2) is 102 Å². The summed E-state index contributed by atoms with van der Waals surface area (Å²) in [6.45, 7) is 0. The summed E-state index contributed by atoms with van der Waals surface area (Å²) in [6.07, 6.45) is 5.00. The molecule has 1 aliphatic rings. The number of nitrogens with zero attached hydrogens (tertiary/aromatic N) is 6. The monoisotopic (exact) mass is 543 g/mol. The van der Waals surface area contributed by atoms with Crippen molar-refractivity contribution in [3.8, 4) is 28.9 Å². The van der Waals surface area contributed by atoms with Crippen LogP contribution in [0.4, 0.5) is 11.5 Å². The van der Waals surface area contributed by atoms with Gasteiger partial charge in [-0.25, -0.2) is 19.3 Å². The first-order valence-corrected chi connectivity index (χ1v) is 13.0. The number of allylic oxidation sites excluding steroid dienone is 1. The molecule has 10 heteroatoms. The molecule has 10 nitrogen and oxygen atoms in total. The van der Waals surface area contributed by atoms with Crippen molar-refractivity contribution in [2.45, 2.75) is 12.8 Å². The van der Waals surface area contributed by atoms with E-state index in [2.05, 4.69) is 9.97 Å². The van der Waals surface area contributed by atoms with Crippen LogP contribution in [-0.2, 0) is 4.79 Å². The molecule has 1 fully saturated rings. The quantitative estimate of drug-likeness (QED) is 0.231. The van der Waals surface area contributed by atoms with Crippen LogP contribution in [0.1, 0.15) is 12.8 Å². The van der Waals surface area contributed by atoms with E-state index < -0.39 is 11.6 Å². The molecule has 3 aromatic carbocycles. The van der Waals surface area contributed by atoms with E-state index in [1.54, 1.807) is 61.7 Å². The fourth-order valence-corrected chi connectivity index (χ4v) is 4.60. The molecular weight excluding hydrogens is 518 g/mol. The Kier molecular flexibility index (Phi) is 6.53. The minimum absolute atomic E-state index is 0.106. The van der Waals surface area contributed by atoms with Crippen LogP contribution in [0.25, 0.3) is 22.5 Å². The number of nitrogens with two attached hydrogens (primary N) is 1. The van der Waals surface area contributed by atoms with Crippen molar-refractivity contribution < 1.29 is 9.53 Å². The molecule has 6 rings (SSSR count). The van der Waals surface area contributed by atoms with Gasteiger partial charge in [0.1, 0.15) is 35.0 Å². The van der Waals surface area contributed by atoms with Gasteiger partial charge < -0.3 is 15.4 Å². The molecule has 0 radical (unpaired) electrons. The number of hydrogen-bond acceptors (Lipinski definition) is 7. The molecule has 1 amide bonds. The second kappa shape index (κ2) is 10.5. The van der Waals surface area contributed by atoms with Gasteiger partial charge in [0, 0.05) is 12.7 Å². The van der Waals surface area contributed by atoms with Crippen LogP contribution in [-0.4, -0.2) is 32.1 Å². The highest BCUT2D eigenvalue weighted by atomic mass is 16.5. The van der Waals surface area contributed by atoms with Gasteiger partial charge in [0.05, 0.1) is 11.4 Å². The third kappa shape index (κ3) is 4.92. The molecule has 2 aromatic heterocycles. The van der Waals surface area contributed by atoms with Crippen LogP contribution in [0.5, 0.6) is 11.5 Å². The van der Waals surface area contributed by atoms with E-state index in [0.29, 0.717) is 39.7 Å². The highest BCUT2D eigenvalue weighted by Gasteiger charge is 2.25. The zero-order chi connectivity index (χ0) is 28.5. The maximum atomic E-state index is 14.0. The first-order chi connectivity index (χ1) is 19.9. The van der Waals surface area contributed by atoms with Gasteiger partial charge in [-0.1, -0.05) is 30.3 Å².